The van der Waals surface area contributed by atoms with Crippen LogP contribution < -0.4 is 10.1 Å². The van der Waals surface area contributed by atoms with E-state index in [4.69, 9.17) is 10.1 Å². The number of carbonyl (C=O) groups is 1. The third-order valence-corrected chi connectivity index (χ3v) is 7.05. The Morgan fingerprint density at radius 2 is 1.86 bits per heavy atom. The Morgan fingerprint density at radius 3 is 2.50 bits per heavy atom. The van der Waals surface area contributed by atoms with Crippen molar-refractivity contribution in [2.45, 2.75) is 72.1 Å². The van der Waals surface area contributed by atoms with Gasteiger partial charge in [-0.2, -0.15) is 0 Å². The monoisotopic (exact) mass is 502 g/mol. The number of carboxylic acids is 1. The van der Waals surface area contributed by atoms with E-state index in [2.05, 4.69) is 36.9 Å². The Hall–Kier alpha value is -3.03. The van der Waals surface area contributed by atoms with Gasteiger partial charge in [-0.05, 0) is 90.3 Å². The molecule has 1 spiro atoms. The molecule has 5 nitrogen and oxygen atoms in total. The van der Waals surface area contributed by atoms with Crippen molar-refractivity contribution < 1.29 is 27.8 Å². The minimum atomic E-state index is -4.74. The van der Waals surface area contributed by atoms with E-state index in [1.807, 2.05) is 12.1 Å². The van der Waals surface area contributed by atoms with Crippen LogP contribution in [0.2, 0.25) is 0 Å². The van der Waals surface area contributed by atoms with Gasteiger partial charge in [0.15, 0.2) is 0 Å². The average Bonchev–Trinajstić information content (AvgIpc) is 2.86. The zero-order chi connectivity index (χ0) is 26.1. The number of anilines is 1. The number of rotatable bonds is 5. The lowest BCUT2D eigenvalue weighted by atomic mass is 9.57. The van der Waals surface area contributed by atoms with E-state index in [9.17, 15) is 18.0 Å². The zero-order valence-electron chi connectivity index (χ0n) is 20.9. The largest absolute Gasteiger partial charge is 0.573 e. The van der Waals surface area contributed by atoms with Crippen molar-refractivity contribution in [3.05, 3.63) is 53.6 Å². The molecule has 1 aliphatic carbocycles. The topological polar surface area (TPSA) is 70.9 Å². The summed E-state index contributed by atoms with van der Waals surface area (Å²) in [6.45, 7) is 6.93. The lowest BCUT2D eigenvalue weighted by Gasteiger charge is -2.48. The first kappa shape index (κ1) is 26.0. The first-order valence-corrected chi connectivity index (χ1v) is 12.3. The molecule has 194 valence electrons. The number of ether oxygens (including phenoxy) is 1. The fourth-order valence-corrected chi connectivity index (χ4v) is 6.44. The van der Waals surface area contributed by atoms with Crippen LogP contribution in [-0.4, -0.2) is 23.3 Å². The van der Waals surface area contributed by atoms with Crippen LogP contribution in [0, 0.1) is 16.7 Å². The van der Waals surface area contributed by atoms with Crippen LogP contribution in [-0.2, 0) is 17.6 Å². The summed E-state index contributed by atoms with van der Waals surface area (Å²) in [7, 11) is 0. The van der Waals surface area contributed by atoms with Gasteiger partial charge in [0.1, 0.15) is 11.6 Å². The number of hydrogen-bond acceptors (Lipinski definition) is 4. The second-order valence-electron chi connectivity index (χ2n) is 11.3. The second kappa shape index (κ2) is 9.79. The molecule has 4 rings (SSSR count). The SMILES string of the molecule is CC1CC(C)(C)CC2(CC(Nc3ccc(OC(F)(F)F)cc3)=Nc3cc(CCC(=O)O)ccc3C2)C1. The van der Waals surface area contributed by atoms with Gasteiger partial charge in [-0.25, -0.2) is 4.99 Å². The lowest BCUT2D eigenvalue weighted by Crippen LogP contribution is -2.40. The van der Waals surface area contributed by atoms with Crippen LogP contribution in [0.25, 0.3) is 0 Å². The van der Waals surface area contributed by atoms with Gasteiger partial charge >= 0.3 is 12.3 Å². The third kappa shape index (κ3) is 6.80. The number of alkyl halides is 3. The quantitative estimate of drug-likeness (QED) is 0.444. The summed E-state index contributed by atoms with van der Waals surface area (Å²) in [4.78, 5) is 16.0. The van der Waals surface area contributed by atoms with Gasteiger partial charge in [-0.1, -0.05) is 32.9 Å². The summed E-state index contributed by atoms with van der Waals surface area (Å²) in [6, 6.07) is 11.7. The average molecular weight is 503 g/mol. The smallest absolute Gasteiger partial charge is 0.481 e. The van der Waals surface area contributed by atoms with Crippen molar-refractivity contribution in [1.82, 2.24) is 0 Å². The highest BCUT2D eigenvalue weighted by molar-refractivity contribution is 5.98. The molecule has 1 heterocycles. The summed E-state index contributed by atoms with van der Waals surface area (Å²) >= 11 is 0. The Labute approximate surface area is 209 Å². The van der Waals surface area contributed by atoms with E-state index in [1.54, 1.807) is 12.1 Å². The van der Waals surface area contributed by atoms with Crippen LogP contribution in [0.5, 0.6) is 5.75 Å². The number of nitrogens with one attached hydrogen (secondary N) is 1. The third-order valence-electron chi connectivity index (χ3n) is 7.05. The predicted octanol–water partition coefficient (Wildman–Crippen LogP) is 7.52. The number of halogens is 3. The first-order chi connectivity index (χ1) is 16.8. The molecule has 0 saturated heterocycles. The van der Waals surface area contributed by atoms with Crippen molar-refractivity contribution in [2.24, 2.45) is 21.7 Å². The molecule has 36 heavy (non-hydrogen) atoms. The lowest BCUT2D eigenvalue weighted by molar-refractivity contribution is -0.274. The van der Waals surface area contributed by atoms with E-state index in [1.165, 1.54) is 12.1 Å². The highest BCUT2D eigenvalue weighted by atomic mass is 19.4. The van der Waals surface area contributed by atoms with Gasteiger partial charge in [0.25, 0.3) is 0 Å². The Bertz CT molecular complexity index is 1140. The summed E-state index contributed by atoms with van der Waals surface area (Å²) in [5, 5.41) is 12.4. The van der Waals surface area contributed by atoms with E-state index in [-0.39, 0.29) is 23.0 Å². The number of nitrogens with zero attached hydrogens (tertiary/aromatic N) is 1. The second-order valence-corrected chi connectivity index (χ2v) is 11.3. The molecule has 0 amide bonds. The van der Waals surface area contributed by atoms with Crippen LogP contribution in [0.15, 0.2) is 47.5 Å². The number of carboxylic acid groups (broad SMARTS) is 1. The maximum Gasteiger partial charge on any atom is 0.573 e. The molecular weight excluding hydrogens is 469 g/mol. The molecule has 2 aromatic carbocycles. The number of amidine groups is 1. The molecule has 8 heteroatoms. The van der Waals surface area contributed by atoms with Crippen LogP contribution in [0.1, 0.15) is 64.0 Å². The van der Waals surface area contributed by atoms with Gasteiger partial charge in [0.05, 0.1) is 5.69 Å². The van der Waals surface area contributed by atoms with Gasteiger partial charge in [0, 0.05) is 18.5 Å². The minimum absolute atomic E-state index is 0.000166. The first-order valence-electron chi connectivity index (χ1n) is 12.3. The highest BCUT2D eigenvalue weighted by Gasteiger charge is 2.44. The van der Waals surface area contributed by atoms with Gasteiger partial charge in [-0.15, -0.1) is 13.2 Å². The summed E-state index contributed by atoms with van der Waals surface area (Å²) in [5.74, 6) is 0.207. The van der Waals surface area contributed by atoms with E-state index in [0.717, 1.165) is 54.8 Å². The number of fused-ring (bicyclic) bond motifs is 1. The maximum absolute atomic E-state index is 12.5. The molecule has 0 radical (unpaired) electrons. The Kier molecular flexibility index (Phi) is 7.08. The number of aliphatic carboxylic acids is 1. The van der Waals surface area contributed by atoms with Crippen molar-refractivity contribution in [1.29, 1.82) is 0 Å². The van der Waals surface area contributed by atoms with Crippen molar-refractivity contribution in [3.8, 4) is 5.75 Å². The predicted molar refractivity (Wildman–Crippen MR) is 134 cm³/mol. The van der Waals surface area contributed by atoms with Crippen molar-refractivity contribution in [2.75, 3.05) is 5.32 Å². The molecule has 1 saturated carbocycles. The fourth-order valence-electron chi connectivity index (χ4n) is 6.44. The molecule has 0 bridgehead atoms. The summed E-state index contributed by atoms with van der Waals surface area (Å²) in [5.41, 5.74) is 3.70. The minimum Gasteiger partial charge on any atom is -0.481 e. The van der Waals surface area contributed by atoms with Gasteiger partial charge in [0.2, 0.25) is 0 Å². The molecule has 0 aromatic heterocycles. The molecule has 1 aliphatic heterocycles. The summed E-state index contributed by atoms with van der Waals surface area (Å²) < 4.78 is 41.6. The van der Waals surface area contributed by atoms with Crippen molar-refractivity contribution in [3.63, 3.8) is 0 Å². The van der Waals surface area contributed by atoms with Crippen LogP contribution >= 0.6 is 0 Å². The van der Waals surface area contributed by atoms with E-state index < -0.39 is 12.3 Å². The van der Waals surface area contributed by atoms with E-state index >= 15 is 0 Å². The normalized spacial score (nSPS) is 23.4. The molecular formula is C28H33F3N2O3. The Morgan fingerprint density at radius 1 is 1.14 bits per heavy atom. The zero-order valence-corrected chi connectivity index (χ0v) is 20.9. The Balaban J connectivity index is 1.66. The molecule has 2 aliphatic rings. The molecule has 1 fully saturated rings. The van der Waals surface area contributed by atoms with Crippen LogP contribution in [0.4, 0.5) is 24.5 Å². The van der Waals surface area contributed by atoms with Crippen molar-refractivity contribution >= 4 is 23.2 Å². The van der Waals surface area contributed by atoms with Gasteiger partial charge in [-0.3, -0.25) is 4.79 Å². The van der Waals surface area contributed by atoms with Crippen LogP contribution in [0.3, 0.4) is 0 Å². The molecule has 2 unspecified atom stereocenters. The number of aliphatic imine (C=N–C) groups is 1. The van der Waals surface area contributed by atoms with E-state index in [0.29, 0.717) is 18.0 Å². The number of aryl methyl sites for hydroxylation is 1. The summed E-state index contributed by atoms with van der Waals surface area (Å²) in [6.07, 6.45) is 0.615. The van der Waals surface area contributed by atoms with Gasteiger partial charge < -0.3 is 15.2 Å². The molecule has 2 N–H and O–H groups in total. The maximum atomic E-state index is 12.5. The fraction of sp³-hybridized carbons (Fsp3) is 0.500. The number of benzene rings is 2. The standard InChI is InChI=1S/C28H33F3N2O3/c1-18-13-26(2,3)17-27(14-18)15-20-6-4-19(5-11-25(34)35)12-23(20)33-24(16-27)32-21-7-9-22(10-8-21)36-28(29,30)31/h4,6-10,12,18H,5,11,13-17H2,1-3H3,(H,32,33)(H,34,35). The number of hydrogen-bond donors (Lipinski definition) is 2. The molecule has 2 aromatic rings. The molecule has 2 atom stereocenters. The highest BCUT2D eigenvalue weighted by Crippen LogP contribution is 2.54.